The van der Waals surface area contributed by atoms with Gasteiger partial charge in [0.2, 0.25) is 0 Å². The van der Waals surface area contributed by atoms with Crippen LogP contribution in [-0.2, 0) is 12.8 Å². The fourth-order valence-electron chi connectivity index (χ4n) is 2.76. The monoisotopic (exact) mass is 344 g/mol. The first-order valence-corrected chi connectivity index (χ1v) is 9.15. The molecule has 0 saturated carbocycles. The molecule has 3 N–H and O–H groups in total. The molecule has 24 heavy (non-hydrogen) atoms. The molecule has 0 aliphatic rings. The van der Waals surface area contributed by atoms with Crippen LogP contribution in [0.5, 0.6) is 0 Å². The molecule has 3 aromatic heterocycles. The van der Waals surface area contributed by atoms with Gasteiger partial charge in [0.05, 0.1) is 11.6 Å². The van der Waals surface area contributed by atoms with Crippen molar-refractivity contribution in [3.05, 3.63) is 40.4 Å². The van der Waals surface area contributed by atoms with E-state index in [1.54, 1.807) is 17.6 Å². The molecule has 1 atom stereocenters. The lowest BCUT2D eigenvalue weighted by Crippen LogP contribution is -2.18. The lowest BCUT2D eigenvalue weighted by atomic mass is 10.1. The zero-order valence-corrected chi connectivity index (χ0v) is 15.2. The number of rotatable bonds is 7. The van der Waals surface area contributed by atoms with E-state index in [1.165, 1.54) is 10.4 Å². The first-order valence-electron chi connectivity index (χ1n) is 8.34. The molecular weight excluding hydrogens is 320 g/mol. The van der Waals surface area contributed by atoms with Crippen molar-refractivity contribution in [1.82, 2.24) is 9.97 Å². The number of furan rings is 1. The molecule has 0 aliphatic carbocycles. The quantitative estimate of drug-likeness (QED) is 0.681. The van der Waals surface area contributed by atoms with Crippen LogP contribution in [-0.4, -0.2) is 22.6 Å². The van der Waals surface area contributed by atoms with Crippen LogP contribution in [0.4, 0.5) is 5.82 Å². The van der Waals surface area contributed by atoms with Gasteiger partial charge in [-0.05, 0) is 51.4 Å². The molecular formula is C18H24N4OS. The van der Waals surface area contributed by atoms with Crippen molar-refractivity contribution >= 4 is 27.4 Å². The van der Waals surface area contributed by atoms with Gasteiger partial charge in [-0.3, -0.25) is 0 Å². The van der Waals surface area contributed by atoms with E-state index in [0.717, 1.165) is 40.5 Å². The standard InChI is InChI=1S/C18H24N4OS/c1-11(6-7-14-5-4-10-23-14)20-17-16-12(2)13(3)24-18(16)22-15(21-17)8-9-19/h4-5,10-11H,6-9,19H2,1-3H3,(H,20,21,22)/t11-/m1/s1. The van der Waals surface area contributed by atoms with Crippen LogP contribution in [0.25, 0.3) is 10.2 Å². The number of aromatic nitrogens is 2. The molecule has 3 rings (SSSR count). The fraction of sp³-hybridized carbons (Fsp3) is 0.444. The van der Waals surface area contributed by atoms with Crippen LogP contribution in [0, 0.1) is 13.8 Å². The number of aryl methyl sites for hydroxylation is 3. The van der Waals surface area contributed by atoms with Gasteiger partial charge in [0.15, 0.2) is 0 Å². The summed E-state index contributed by atoms with van der Waals surface area (Å²) in [5.74, 6) is 2.76. The third-order valence-electron chi connectivity index (χ3n) is 4.23. The van der Waals surface area contributed by atoms with Gasteiger partial charge in [-0.25, -0.2) is 9.97 Å². The summed E-state index contributed by atoms with van der Waals surface area (Å²) >= 11 is 1.72. The molecule has 0 spiro atoms. The van der Waals surface area contributed by atoms with Crippen LogP contribution in [0.3, 0.4) is 0 Å². The maximum atomic E-state index is 5.69. The molecule has 5 nitrogen and oxygen atoms in total. The number of nitrogens with one attached hydrogen (secondary N) is 1. The van der Waals surface area contributed by atoms with E-state index in [4.69, 9.17) is 15.1 Å². The van der Waals surface area contributed by atoms with Crippen molar-refractivity contribution in [1.29, 1.82) is 0 Å². The van der Waals surface area contributed by atoms with E-state index in [-0.39, 0.29) is 0 Å². The normalized spacial score (nSPS) is 12.7. The molecule has 128 valence electrons. The molecule has 0 radical (unpaired) electrons. The highest BCUT2D eigenvalue weighted by Crippen LogP contribution is 2.33. The number of nitrogens with two attached hydrogens (primary N) is 1. The smallest absolute Gasteiger partial charge is 0.139 e. The minimum absolute atomic E-state index is 0.290. The predicted octanol–water partition coefficient (Wildman–Crippen LogP) is 3.84. The second-order valence-electron chi connectivity index (χ2n) is 6.15. The summed E-state index contributed by atoms with van der Waals surface area (Å²) in [6, 6.07) is 4.23. The second kappa shape index (κ2) is 7.32. The Morgan fingerprint density at radius 1 is 1.29 bits per heavy atom. The predicted molar refractivity (Wildman–Crippen MR) is 99.8 cm³/mol. The third kappa shape index (κ3) is 3.60. The number of thiophene rings is 1. The Labute approximate surface area is 146 Å². The first kappa shape index (κ1) is 16.9. The Morgan fingerprint density at radius 2 is 2.12 bits per heavy atom. The third-order valence-corrected chi connectivity index (χ3v) is 5.33. The van der Waals surface area contributed by atoms with Gasteiger partial charge in [-0.15, -0.1) is 11.3 Å². The Hall–Kier alpha value is -1.92. The highest BCUT2D eigenvalue weighted by atomic mass is 32.1. The molecule has 0 saturated heterocycles. The van der Waals surface area contributed by atoms with Gasteiger partial charge in [-0.2, -0.15) is 0 Å². The van der Waals surface area contributed by atoms with Crippen molar-refractivity contribution in [3.63, 3.8) is 0 Å². The van der Waals surface area contributed by atoms with Gasteiger partial charge in [0.25, 0.3) is 0 Å². The van der Waals surface area contributed by atoms with Gasteiger partial charge in [0.1, 0.15) is 22.2 Å². The summed E-state index contributed by atoms with van der Waals surface area (Å²) in [5.41, 5.74) is 6.94. The van der Waals surface area contributed by atoms with Crippen LogP contribution in [0.15, 0.2) is 22.8 Å². The summed E-state index contributed by atoms with van der Waals surface area (Å²) in [4.78, 5) is 11.7. The van der Waals surface area contributed by atoms with Crippen LogP contribution in [0.2, 0.25) is 0 Å². The number of hydrogen-bond donors (Lipinski definition) is 2. The summed E-state index contributed by atoms with van der Waals surface area (Å²) in [7, 11) is 0. The van der Waals surface area contributed by atoms with E-state index in [0.29, 0.717) is 19.0 Å². The Balaban J connectivity index is 1.83. The molecule has 0 amide bonds. The Kier molecular flexibility index (Phi) is 5.16. The topological polar surface area (TPSA) is 77.0 Å². The zero-order chi connectivity index (χ0) is 17.1. The highest BCUT2D eigenvalue weighted by molar-refractivity contribution is 7.18. The molecule has 0 aliphatic heterocycles. The van der Waals surface area contributed by atoms with Crippen molar-refractivity contribution in [2.75, 3.05) is 11.9 Å². The maximum Gasteiger partial charge on any atom is 0.139 e. The largest absolute Gasteiger partial charge is 0.469 e. The summed E-state index contributed by atoms with van der Waals surface area (Å²) in [6.45, 7) is 7.00. The minimum atomic E-state index is 0.290. The lowest BCUT2D eigenvalue weighted by Gasteiger charge is -2.16. The Bertz CT molecular complexity index is 810. The molecule has 0 fully saturated rings. The summed E-state index contributed by atoms with van der Waals surface area (Å²) in [5, 5.41) is 4.72. The number of fused-ring (bicyclic) bond motifs is 1. The molecule has 0 aromatic carbocycles. The van der Waals surface area contributed by atoms with E-state index < -0.39 is 0 Å². The van der Waals surface area contributed by atoms with Gasteiger partial charge < -0.3 is 15.5 Å². The molecule has 3 heterocycles. The fourth-order valence-corrected chi connectivity index (χ4v) is 3.81. The van der Waals surface area contributed by atoms with Crippen LogP contribution >= 0.6 is 11.3 Å². The van der Waals surface area contributed by atoms with E-state index in [9.17, 15) is 0 Å². The minimum Gasteiger partial charge on any atom is -0.469 e. The van der Waals surface area contributed by atoms with E-state index >= 15 is 0 Å². The van der Waals surface area contributed by atoms with Crippen molar-refractivity contribution < 1.29 is 4.42 Å². The van der Waals surface area contributed by atoms with Crippen molar-refractivity contribution in [2.24, 2.45) is 5.73 Å². The maximum absolute atomic E-state index is 5.69. The first-order chi connectivity index (χ1) is 11.6. The van der Waals surface area contributed by atoms with Crippen LogP contribution < -0.4 is 11.1 Å². The molecule has 0 bridgehead atoms. The van der Waals surface area contributed by atoms with Gasteiger partial charge >= 0.3 is 0 Å². The molecule has 6 heteroatoms. The lowest BCUT2D eigenvalue weighted by molar-refractivity contribution is 0.495. The SMILES string of the molecule is Cc1sc2nc(CCN)nc(N[C@H](C)CCc3ccco3)c2c1C. The number of nitrogens with zero attached hydrogens (tertiary/aromatic N) is 2. The number of anilines is 1. The molecule has 3 aromatic rings. The van der Waals surface area contributed by atoms with E-state index in [2.05, 4.69) is 31.1 Å². The second-order valence-corrected chi connectivity index (χ2v) is 7.36. The van der Waals surface area contributed by atoms with Crippen LogP contribution in [0.1, 0.15) is 35.4 Å². The zero-order valence-electron chi connectivity index (χ0n) is 14.4. The Morgan fingerprint density at radius 3 is 2.83 bits per heavy atom. The highest BCUT2D eigenvalue weighted by Gasteiger charge is 2.16. The average molecular weight is 344 g/mol. The molecule has 0 unspecified atom stereocenters. The average Bonchev–Trinajstić information content (AvgIpc) is 3.15. The van der Waals surface area contributed by atoms with Crippen molar-refractivity contribution in [3.8, 4) is 0 Å². The van der Waals surface area contributed by atoms with Crippen molar-refractivity contribution in [2.45, 2.75) is 46.1 Å². The summed E-state index contributed by atoms with van der Waals surface area (Å²) in [6.07, 6.45) is 4.31. The van der Waals surface area contributed by atoms with Gasteiger partial charge in [-0.1, -0.05) is 0 Å². The van der Waals surface area contributed by atoms with Gasteiger partial charge in [0, 0.05) is 23.8 Å². The summed E-state index contributed by atoms with van der Waals surface area (Å²) < 4.78 is 5.41. The number of hydrogen-bond acceptors (Lipinski definition) is 6. The van der Waals surface area contributed by atoms with E-state index in [1.807, 2.05) is 12.1 Å².